The molecule has 0 unspecified atom stereocenters. The van der Waals surface area contributed by atoms with Gasteiger partial charge in [0.15, 0.2) is 28.8 Å². The average molecular weight is 389 g/mol. The second kappa shape index (κ2) is 6.68. The maximum Gasteiger partial charge on any atom is 0.410 e. The molecule has 2 saturated carbocycles. The van der Waals surface area contributed by atoms with Crippen molar-refractivity contribution in [3.63, 3.8) is 0 Å². The van der Waals surface area contributed by atoms with Crippen molar-refractivity contribution in [3.8, 4) is 0 Å². The van der Waals surface area contributed by atoms with Crippen molar-refractivity contribution in [1.82, 2.24) is 24.8 Å². The van der Waals surface area contributed by atoms with Gasteiger partial charge in [0.1, 0.15) is 11.3 Å². The molecule has 28 heavy (non-hydrogen) atoms. The molecule has 2 aliphatic carbocycles. The van der Waals surface area contributed by atoms with Crippen molar-refractivity contribution in [1.29, 1.82) is 5.41 Å². The SMILES string of the molecule is C[C@@H](Nc1nc(C(=N)NC(=O)O)nc2nc(C3(F)CCC3)n(C)c12)C1CCC1. The number of aromatic nitrogens is 4. The van der Waals surface area contributed by atoms with Gasteiger partial charge in [-0.05, 0) is 44.9 Å². The molecule has 2 aromatic rings. The highest BCUT2D eigenvalue weighted by molar-refractivity contribution is 6.03. The summed E-state index contributed by atoms with van der Waals surface area (Å²) in [5.41, 5.74) is -0.650. The Kier molecular flexibility index (Phi) is 4.43. The van der Waals surface area contributed by atoms with Gasteiger partial charge in [-0.15, -0.1) is 0 Å². The van der Waals surface area contributed by atoms with Gasteiger partial charge < -0.3 is 15.0 Å². The van der Waals surface area contributed by atoms with E-state index in [9.17, 15) is 4.79 Å². The summed E-state index contributed by atoms with van der Waals surface area (Å²) < 4.78 is 16.8. The lowest BCUT2D eigenvalue weighted by molar-refractivity contribution is 0.0482. The first-order valence-electron chi connectivity index (χ1n) is 9.58. The van der Waals surface area contributed by atoms with Crippen LogP contribution in [0.25, 0.3) is 11.2 Å². The summed E-state index contributed by atoms with van der Waals surface area (Å²) in [5, 5.41) is 22.1. The molecule has 0 spiro atoms. The minimum atomic E-state index is -1.47. The average Bonchev–Trinajstić information content (AvgIpc) is 2.87. The number of nitrogens with one attached hydrogen (secondary N) is 3. The van der Waals surface area contributed by atoms with Crippen LogP contribution in [-0.2, 0) is 12.7 Å². The normalized spacial score (nSPS) is 19.5. The summed E-state index contributed by atoms with van der Waals surface area (Å²) in [4.78, 5) is 23.9. The van der Waals surface area contributed by atoms with Gasteiger partial charge in [-0.3, -0.25) is 10.7 Å². The number of anilines is 1. The largest absolute Gasteiger partial charge is 0.465 e. The second-order valence-corrected chi connectivity index (χ2v) is 7.81. The summed E-state index contributed by atoms with van der Waals surface area (Å²) in [6.45, 7) is 2.07. The minimum absolute atomic E-state index is 0.0932. The number of nitrogens with zero attached hydrogens (tertiary/aromatic N) is 4. The molecular formula is C18H24FN7O2. The van der Waals surface area contributed by atoms with E-state index in [1.165, 1.54) is 6.42 Å². The number of hydrogen-bond donors (Lipinski definition) is 4. The van der Waals surface area contributed by atoms with Crippen LogP contribution in [-0.4, -0.2) is 42.6 Å². The van der Waals surface area contributed by atoms with Crippen LogP contribution in [0.1, 0.15) is 57.1 Å². The molecule has 10 heteroatoms. The number of halogens is 1. The number of fused-ring (bicyclic) bond motifs is 1. The van der Waals surface area contributed by atoms with Crippen LogP contribution < -0.4 is 10.6 Å². The maximum atomic E-state index is 15.1. The number of hydrogen-bond acceptors (Lipinski definition) is 6. The van der Waals surface area contributed by atoms with Crippen molar-refractivity contribution in [2.75, 3.05) is 5.32 Å². The Hall–Kier alpha value is -2.78. The van der Waals surface area contributed by atoms with Gasteiger partial charge in [-0.25, -0.2) is 24.1 Å². The van der Waals surface area contributed by atoms with Gasteiger partial charge in [0.2, 0.25) is 0 Å². The first-order chi connectivity index (χ1) is 13.3. The van der Waals surface area contributed by atoms with Crippen molar-refractivity contribution in [2.24, 2.45) is 13.0 Å². The summed E-state index contributed by atoms with van der Waals surface area (Å²) >= 11 is 0. The monoisotopic (exact) mass is 389 g/mol. The quantitative estimate of drug-likeness (QED) is 0.460. The Morgan fingerprint density at radius 1 is 1.32 bits per heavy atom. The molecule has 2 heterocycles. The predicted molar refractivity (Wildman–Crippen MR) is 101 cm³/mol. The molecule has 0 aliphatic heterocycles. The fourth-order valence-corrected chi connectivity index (χ4v) is 3.87. The van der Waals surface area contributed by atoms with Crippen molar-refractivity contribution >= 4 is 28.9 Å². The Morgan fingerprint density at radius 2 is 2.04 bits per heavy atom. The topological polar surface area (TPSA) is 129 Å². The summed E-state index contributed by atoms with van der Waals surface area (Å²) in [5.74, 6) is 0.735. The van der Waals surface area contributed by atoms with E-state index in [-0.39, 0.29) is 17.5 Å². The van der Waals surface area contributed by atoms with E-state index in [1.54, 1.807) is 11.6 Å². The molecule has 0 saturated heterocycles. The number of amides is 1. The highest BCUT2D eigenvalue weighted by Crippen LogP contribution is 2.45. The zero-order valence-electron chi connectivity index (χ0n) is 15.9. The van der Waals surface area contributed by atoms with E-state index >= 15 is 4.39 Å². The van der Waals surface area contributed by atoms with Gasteiger partial charge in [0.25, 0.3) is 0 Å². The van der Waals surface area contributed by atoms with Crippen LogP contribution in [0.5, 0.6) is 0 Å². The van der Waals surface area contributed by atoms with E-state index in [2.05, 4.69) is 27.2 Å². The minimum Gasteiger partial charge on any atom is -0.465 e. The molecule has 4 N–H and O–H groups in total. The number of aryl methyl sites for hydroxylation is 1. The number of alkyl halides is 1. The standard InChI is InChI=1S/C18H24FN7O2/c1-9(10-5-3-6-10)21-13-11-14(24-15(23-13)12(20)22-17(27)28)25-16(26(11)2)18(19)7-4-8-18/h9-10H,3-8H2,1-2H3,(H2,20,22)(H,27,28)(H,21,23,24)/t9-/m1/s1. The molecule has 9 nitrogen and oxygen atoms in total. The van der Waals surface area contributed by atoms with Crippen LogP contribution in [0, 0.1) is 11.3 Å². The van der Waals surface area contributed by atoms with Crippen molar-refractivity contribution in [2.45, 2.75) is 57.2 Å². The molecule has 0 bridgehead atoms. The van der Waals surface area contributed by atoms with Gasteiger partial charge in [0.05, 0.1) is 0 Å². The zero-order valence-corrected chi connectivity index (χ0v) is 15.9. The molecule has 4 rings (SSSR count). The summed E-state index contributed by atoms with van der Waals surface area (Å²) in [6, 6.07) is 0.141. The van der Waals surface area contributed by atoms with Crippen LogP contribution in [0.4, 0.5) is 15.0 Å². The Morgan fingerprint density at radius 3 is 2.57 bits per heavy atom. The third kappa shape index (κ3) is 3.06. The van der Waals surface area contributed by atoms with Gasteiger partial charge >= 0.3 is 6.09 Å². The number of carboxylic acid groups (broad SMARTS) is 1. The molecule has 2 aliphatic rings. The zero-order chi connectivity index (χ0) is 20.1. The van der Waals surface area contributed by atoms with Gasteiger partial charge in [0, 0.05) is 13.1 Å². The van der Waals surface area contributed by atoms with E-state index in [1.807, 2.05) is 5.32 Å². The fraction of sp³-hybridized carbons (Fsp3) is 0.611. The predicted octanol–water partition coefficient (Wildman–Crippen LogP) is 2.91. The number of imidazole rings is 1. The highest BCUT2D eigenvalue weighted by Gasteiger charge is 2.43. The third-order valence-electron chi connectivity index (χ3n) is 5.95. The second-order valence-electron chi connectivity index (χ2n) is 7.81. The maximum absolute atomic E-state index is 15.1. The lowest BCUT2D eigenvalue weighted by atomic mass is 9.80. The Labute approximate surface area is 161 Å². The van der Waals surface area contributed by atoms with Crippen LogP contribution in [0.15, 0.2) is 0 Å². The summed E-state index contributed by atoms with van der Waals surface area (Å²) in [7, 11) is 1.74. The van der Waals surface area contributed by atoms with E-state index in [0.717, 1.165) is 19.3 Å². The van der Waals surface area contributed by atoms with Gasteiger partial charge in [-0.1, -0.05) is 6.42 Å². The first-order valence-corrected chi connectivity index (χ1v) is 9.58. The molecule has 1 amide bonds. The van der Waals surface area contributed by atoms with Crippen molar-refractivity contribution < 1.29 is 14.3 Å². The molecule has 2 aromatic heterocycles. The Balaban J connectivity index is 1.79. The van der Waals surface area contributed by atoms with Crippen LogP contribution in [0.2, 0.25) is 0 Å². The molecule has 0 aromatic carbocycles. The molecule has 150 valence electrons. The first kappa shape index (κ1) is 18.6. The summed E-state index contributed by atoms with van der Waals surface area (Å²) in [6.07, 6.45) is 3.75. The Bertz CT molecular complexity index is 949. The van der Waals surface area contributed by atoms with E-state index in [0.29, 0.717) is 35.9 Å². The van der Waals surface area contributed by atoms with Crippen molar-refractivity contribution in [3.05, 3.63) is 11.6 Å². The van der Waals surface area contributed by atoms with Crippen LogP contribution >= 0.6 is 0 Å². The van der Waals surface area contributed by atoms with Gasteiger partial charge in [-0.2, -0.15) is 0 Å². The third-order valence-corrected chi connectivity index (χ3v) is 5.95. The highest BCUT2D eigenvalue weighted by atomic mass is 19.1. The fourth-order valence-electron chi connectivity index (χ4n) is 3.87. The molecule has 0 radical (unpaired) electrons. The van der Waals surface area contributed by atoms with E-state index < -0.39 is 17.6 Å². The molecule has 1 atom stereocenters. The molecule has 2 fully saturated rings. The number of rotatable bonds is 5. The lowest BCUT2D eigenvalue weighted by Crippen LogP contribution is -2.33. The van der Waals surface area contributed by atoms with E-state index in [4.69, 9.17) is 10.5 Å². The smallest absolute Gasteiger partial charge is 0.410 e. The number of carbonyl (C=O) groups is 1. The molecular weight excluding hydrogens is 365 g/mol. The van der Waals surface area contributed by atoms with Crippen LogP contribution in [0.3, 0.4) is 0 Å². The number of amidine groups is 1. The lowest BCUT2D eigenvalue weighted by Gasteiger charge is -2.33.